The second-order valence-corrected chi connectivity index (χ2v) is 9.77. The molecule has 3 amide bonds. The number of halogens is 4. The molecule has 0 spiro atoms. The minimum atomic E-state index is -4.58. The van der Waals surface area contributed by atoms with Crippen LogP contribution in [0.3, 0.4) is 0 Å². The molecule has 1 N–H and O–H groups in total. The van der Waals surface area contributed by atoms with Crippen LogP contribution in [0.15, 0.2) is 54.6 Å². The topological polar surface area (TPSA) is 66.5 Å². The first-order chi connectivity index (χ1) is 16.1. The van der Waals surface area contributed by atoms with Crippen molar-refractivity contribution < 1.29 is 27.6 Å². The lowest BCUT2D eigenvalue weighted by atomic mass is 9.63. The van der Waals surface area contributed by atoms with Gasteiger partial charge in [-0.3, -0.25) is 19.3 Å². The van der Waals surface area contributed by atoms with Gasteiger partial charge in [-0.25, -0.2) is 0 Å². The number of benzene rings is 2. The summed E-state index contributed by atoms with van der Waals surface area (Å²) in [6.45, 7) is 0. The van der Waals surface area contributed by atoms with Gasteiger partial charge in [-0.2, -0.15) is 13.2 Å². The first-order valence-corrected chi connectivity index (χ1v) is 11.4. The van der Waals surface area contributed by atoms with E-state index >= 15 is 0 Å². The number of nitrogens with one attached hydrogen (secondary N) is 1. The lowest BCUT2D eigenvalue weighted by Crippen LogP contribution is -2.40. The van der Waals surface area contributed by atoms with Crippen LogP contribution >= 0.6 is 11.6 Å². The number of hydrogen-bond donors (Lipinski definition) is 1. The smallest absolute Gasteiger partial charge is 0.321 e. The number of allylic oxidation sites excluding steroid dienone is 2. The number of rotatable bonds is 3. The van der Waals surface area contributed by atoms with Crippen LogP contribution in [0.1, 0.15) is 22.3 Å². The minimum absolute atomic E-state index is 0.0323. The Morgan fingerprint density at radius 1 is 0.941 bits per heavy atom. The monoisotopic (exact) mass is 486 g/mol. The molecular weight excluding hydrogens is 469 g/mol. The van der Waals surface area contributed by atoms with Crippen LogP contribution in [0.5, 0.6) is 0 Å². The highest BCUT2D eigenvalue weighted by molar-refractivity contribution is 6.34. The van der Waals surface area contributed by atoms with E-state index in [0.717, 1.165) is 24.6 Å². The van der Waals surface area contributed by atoms with Crippen molar-refractivity contribution in [3.05, 3.63) is 70.8 Å². The molecule has 3 fully saturated rings. The standard InChI is InChI=1S/C25H18ClF3N2O3/c26-18-8-3-12(25(27,28)29)9-19(18)30-22(32)11-1-4-13(5-2-11)31-23(33)20-14-6-7-15(17-10-16(14)17)21(20)24(31)34/h1-9,14-17,20-21H,10H2,(H,30,32)/t14-,15-,16-,17-,20-,21+/m1/s1. The van der Waals surface area contributed by atoms with Crippen LogP contribution < -0.4 is 10.2 Å². The van der Waals surface area contributed by atoms with E-state index in [4.69, 9.17) is 11.6 Å². The summed E-state index contributed by atoms with van der Waals surface area (Å²) < 4.78 is 38.9. The first kappa shape index (κ1) is 21.4. The van der Waals surface area contributed by atoms with E-state index in [1.165, 1.54) is 29.2 Å². The Balaban J connectivity index is 1.22. The summed E-state index contributed by atoms with van der Waals surface area (Å²) in [5, 5.41) is 2.36. The van der Waals surface area contributed by atoms with E-state index in [-0.39, 0.29) is 51.8 Å². The molecule has 2 aromatic carbocycles. The maximum atomic E-state index is 13.2. The Bertz CT molecular complexity index is 1240. The van der Waals surface area contributed by atoms with Gasteiger partial charge in [0.15, 0.2) is 0 Å². The largest absolute Gasteiger partial charge is 0.416 e. The van der Waals surface area contributed by atoms with Gasteiger partial charge in [-0.05, 0) is 72.6 Å². The van der Waals surface area contributed by atoms with Crippen LogP contribution in [0.2, 0.25) is 5.02 Å². The number of carbonyl (C=O) groups is 3. The van der Waals surface area contributed by atoms with Crippen molar-refractivity contribution in [1.82, 2.24) is 0 Å². The molecule has 0 radical (unpaired) electrons. The molecule has 2 bridgehead atoms. The number of imide groups is 1. The molecule has 1 aliphatic heterocycles. The van der Waals surface area contributed by atoms with Gasteiger partial charge >= 0.3 is 6.18 Å². The molecule has 5 nitrogen and oxygen atoms in total. The Kier molecular flexibility index (Phi) is 4.52. The average molecular weight is 487 g/mol. The quantitative estimate of drug-likeness (QED) is 0.481. The molecule has 4 aliphatic carbocycles. The highest BCUT2D eigenvalue weighted by Gasteiger charge is 2.67. The zero-order chi connectivity index (χ0) is 23.9. The van der Waals surface area contributed by atoms with E-state index in [0.29, 0.717) is 17.5 Å². The number of alkyl halides is 3. The van der Waals surface area contributed by atoms with Crippen molar-refractivity contribution in [2.75, 3.05) is 10.2 Å². The lowest BCUT2D eigenvalue weighted by Gasteiger charge is -2.37. The molecule has 2 aromatic rings. The van der Waals surface area contributed by atoms with Gasteiger partial charge in [-0.15, -0.1) is 0 Å². The van der Waals surface area contributed by atoms with Crippen molar-refractivity contribution in [2.45, 2.75) is 12.6 Å². The second-order valence-electron chi connectivity index (χ2n) is 9.36. The Hall–Kier alpha value is -3.13. The minimum Gasteiger partial charge on any atom is -0.321 e. The number of hydrogen-bond acceptors (Lipinski definition) is 3. The van der Waals surface area contributed by atoms with Gasteiger partial charge in [-0.1, -0.05) is 23.8 Å². The second kappa shape index (κ2) is 7.18. The maximum Gasteiger partial charge on any atom is 0.416 e. The van der Waals surface area contributed by atoms with Gasteiger partial charge < -0.3 is 5.32 Å². The summed E-state index contributed by atoms with van der Waals surface area (Å²) in [7, 11) is 0. The van der Waals surface area contributed by atoms with Crippen molar-refractivity contribution >= 4 is 40.7 Å². The van der Waals surface area contributed by atoms with Crippen molar-refractivity contribution in [2.24, 2.45) is 35.5 Å². The summed E-state index contributed by atoms with van der Waals surface area (Å²) in [6, 6.07) is 8.54. The molecule has 34 heavy (non-hydrogen) atoms. The van der Waals surface area contributed by atoms with Crippen LogP contribution in [0.25, 0.3) is 0 Å². The highest BCUT2D eigenvalue weighted by atomic mass is 35.5. The van der Waals surface area contributed by atoms with Crippen molar-refractivity contribution in [1.29, 1.82) is 0 Å². The van der Waals surface area contributed by atoms with Gasteiger partial charge in [0, 0.05) is 5.56 Å². The molecule has 9 heteroatoms. The fourth-order valence-electron chi connectivity index (χ4n) is 5.97. The summed E-state index contributed by atoms with van der Waals surface area (Å²) in [6.07, 6.45) is 0.699. The molecule has 6 atom stereocenters. The molecule has 174 valence electrons. The third-order valence-corrected chi connectivity index (χ3v) is 7.92. The summed E-state index contributed by atoms with van der Waals surface area (Å²) >= 11 is 5.95. The summed E-state index contributed by atoms with van der Waals surface area (Å²) in [4.78, 5) is 40.2. The maximum absolute atomic E-state index is 13.2. The molecular formula is C25H18ClF3N2O3. The molecule has 0 unspecified atom stereocenters. The number of amides is 3. The van der Waals surface area contributed by atoms with E-state index in [1.54, 1.807) is 0 Å². The summed E-state index contributed by atoms with van der Waals surface area (Å²) in [5.41, 5.74) is -0.569. The predicted octanol–water partition coefficient (Wildman–Crippen LogP) is 5.17. The average Bonchev–Trinajstić information content (AvgIpc) is 3.58. The zero-order valence-electron chi connectivity index (χ0n) is 17.6. The van der Waals surface area contributed by atoms with Gasteiger partial charge in [0.25, 0.3) is 5.91 Å². The fraction of sp³-hybridized carbons (Fsp3) is 0.320. The molecule has 7 rings (SSSR count). The SMILES string of the molecule is O=C(Nc1cc(C(F)(F)F)ccc1Cl)c1ccc(N2C(=O)[C@@H]3[C@@H]4C=C[C@H]([C@H]5C[C@H]45)[C@@H]3C2=O)cc1. The molecule has 5 aliphatic rings. The predicted molar refractivity (Wildman–Crippen MR) is 118 cm³/mol. The van der Waals surface area contributed by atoms with Gasteiger partial charge in [0.1, 0.15) is 0 Å². The van der Waals surface area contributed by atoms with E-state index in [9.17, 15) is 27.6 Å². The third-order valence-electron chi connectivity index (χ3n) is 7.59. The number of nitrogens with zero attached hydrogens (tertiary/aromatic N) is 1. The fourth-order valence-corrected chi connectivity index (χ4v) is 6.13. The zero-order valence-corrected chi connectivity index (χ0v) is 18.3. The van der Waals surface area contributed by atoms with E-state index < -0.39 is 17.6 Å². The highest BCUT2D eigenvalue weighted by Crippen LogP contribution is 2.65. The van der Waals surface area contributed by atoms with Crippen LogP contribution in [0, 0.1) is 35.5 Å². The number of anilines is 2. The van der Waals surface area contributed by atoms with Crippen molar-refractivity contribution in [3.8, 4) is 0 Å². The Morgan fingerprint density at radius 3 is 2.09 bits per heavy atom. The molecule has 1 heterocycles. The lowest BCUT2D eigenvalue weighted by molar-refractivity contribution is -0.137. The normalized spacial score (nSPS) is 30.9. The van der Waals surface area contributed by atoms with Crippen LogP contribution in [-0.4, -0.2) is 17.7 Å². The first-order valence-electron chi connectivity index (χ1n) is 11.0. The number of carbonyl (C=O) groups excluding carboxylic acids is 3. The summed E-state index contributed by atoms with van der Waals surface area (Å²) in [5.74, 6) is -0.478. The van der Waals surface area contributed by atoms with Crippen molar-refractivity contribution in [3.63, 3.8) is 0 Å². The Morgan fingerprint density at radius 2 is 1.53 bits per heavy atom. The van der Waals surface area contributed by atoms with Gasteiger partial charge in [0.2, 0.25) is 11.8 Å². The van der Waals surface area contributed by atoms with Crippen LogP contribution in [-0.2, 0) is 15.8 Å². The molecule has 0 aromatic heterocycles. The third kappa shape index (κ3) is 3.11. The Labute approximate surface area is 197 Å². The molecule has 1 saturated heterocycles. The van der Waals surface area contributed by atoms with Crippen LogP contribution in [0.4, 0.5) is 24.5 Å². The van der Waals surface area contributed by atoms with E-state index in [2.05, 4.69) is 17.5 Å². The molecule has 2 saturated carbocycles. The van der Waals surface area contributed by atoms with Gasteiger partial charge in [0.05, 0.1) is 33.8 Å². The van der Waals surface area contributed by atoms with E-state index in [1.807, 2.05) is 0 Å².